The molecule has 0 spiro atoms. The van der Waals surface area contributed by atoms with Gasteiger partial charge in [-0.15, -0.1) is 0 Å². The summed E-state index contributed by atoms with van der Waals surface area (Å²) in [5.41, 5.74) is 6.10. The number of piperidine rings is 1. The van der Waals surface area contributed by atoms with E-state index in [0.29, 0.717) is 31.1 Å². The van der Waals surface area contributed by atoms with Gasteiger partial charge in [0.2, 0.25) is 10.0 Å². The number of likely N-dealkylation sites (tertiary alicyclic amines) is 1. The van der Waals surface area contributed by atoms with Crippen molar-refractivity contribution in [3.8, 4) is 0 Å². The van der Waals surface area contributed by atoms with Gasteiger partial charge in [-0.2, -0.15) is 4.31 Å². The number of nitrogens with two attached hydrogens (primary N) is 1. The maximum atomic E-state index is 12.7. The average molecular weight is 353 g/mol. The van der Waals surface area contributed by atoms with Gasteiger partial charge in [-0.25, -0.2) is 8.42 Å². The first-order valence-electron chi connectivity index (χ1n) is 8.34. The van der Waals surface area contributed by atoms with E-state index in [1.165, 1.54) is 16.4 Å². The lowest BCUT2D eigenvalue weighted by Crippen LogP contribution is -2.40. The van der Waals surface area contributed by atoms with Crippen LogP contribution in [-0.4, -0.2) is 56.3 Å². The second-order valence-corrected chi connectivity index (χ2v) is 8.61. The lowest BCUT2D eigenvalue weighted by atomic mass is 9.96. The molecule has 2 N–H and O–H groups in total. The molecule has 1 amide bonds. The van der Waals surface area contributed by atoms with Crippen molar-refractivity contribution in [3.63, 3.8) is 0 Å². The van der Waals surface area contributed by atoms with E-state index >= 15 is 0 Å². The standard InChI is InChI=1S/C17H27N3O3S/c1-13(2)19(3)24(22,23)16-6-4-5-15(11-16)17(21)20-9-7-14(12-18)8-10-20/h4-6,11,13-14H,7-10,12,18H2,1-3H3. The summed E-state index contributed by atoms with van der Waals surface area (Å²) < 4.78 is 26.5. The van der Waals surface area contributed by atoms with Gasteiger partial charge in [0.1, 0.15) is 0 Å². The molecule has 1 aliphatic rings. The minimum absolute atomic E-state index is 0.116. The molecule has 1 heterocycles. The van der Waals surface area contributed by atoms with Gasteiger partial charge >= 0.3 is 0 Å². The molecule has 1 aromatic rings. The zero-order valence-corrected chi connectivity index (χ0v) is 15.4. The predicted molar refractivity (Wildman–Crippen MR) is 94.2 cm³/mol. The molecule has 6 nitrogen and oxygen atoms in total. The Morgan fingerprint density at radius 1 is 1.33 bits per heavy atom. The van der Waals surface area contributed by atoms with Crippen LogP contribution in [0.15, 0.2) is 29.2 Å². The van der Waals surface area contributed by atoms with Crippen LogP contribution in [0.5, 0.6) is 0 Å². The summed E-state index contributed by atoms with van der Waals surface area (Å²) >= 11 is 0. The molecular weight excluding hydrogens is 326 g/mol. The average Bonchev–Trinajstić information content (AvgIpc) is 2.60. The molecule has 1 saturated heterocycles. The Labute approximate surface area is 144 Å². The molecule has 134 valence electrons. The van der Waals surface area contributed by atoms with Gasteiger partial charge in [0.25, 0.3) is 5.91 Å². The summed E-state index contributed by atoms with van der Waals surface area (Å²) in [6, 6.07) is 6.16. The van der Waals surface area contributed by atoms with Gasteiger partial charge in [0.15, 0.2) is 0 Å². The number of benzene rings is 1. The summed E-state index contributed by atoms with van der Waals surface area (Å²) in [6.07, 6.45) is 1.80. The smallest absolute Gasteiger partial charge is 0.253 e. The highest BCUT2D eigenvalue weighted by Crippen LogP contribution is 2.21. The van der Waals surface area contributed by atoms with Crippen molar-refractivity contribution in [1.82, 2.24) is 9.21 Å². The second-order valence-electron chi connectivity index (χ2n) is 6.61. The van der Waals surface area contributed by atoms with E-state index in [9.17, 15) is 13.2 Å². The van der Waals surface area contributed by atoms with Crippen molar-refractivity contribution in [2.45, 2.75) is 37.6 Å². The van der Waals surface area contributed by atoms with Gasteiger partial charge in [0, 0.05) is 31.7 Å². The minimum atomic E-state index is -3.59. The Kier molecular flexibility index (Phi) is 6.01. The highest BCUT2D eigenvalue weighted by molar-refractivity contribution is 7.89. The van der Waals surface area contributed by atoms with Crippen molar-refractivity contribution < 1.29 is 13.2 Å². The molecule has 0 bridgehead atoms. The number of hydrogen-bond acceptors (Lipinski definition) is 4. The molecule has 0 unspecified atom stereocenters. The van der Waals surface area contributed by atoms with Crippen molar-refractivity contribution in [1.29, 1.82) is 0 Å². The van der Waals surface area contributed by atoms with Crippen LogP contribution >= 0.6 is 0 Å². The molecule has 1 fully saturated rings. The first kappa shape index (κ1) is 18.9. The third-order valence-electron chi connectivity index (χ3n) is 4.72. The fourth-order valence-electron chi connectivity index (χ4n) is 2.79. The van der Waals surface area contributed by atoms with Crippen LogP contribution in [0.3, 0.4) is 0 Å². The number of nitrogens with zero attached hydrogens (tertiary/aromatic N) is 2. The number of carbonyl (C=O) groups is 1. The third-order valence-corrected chi connectivity index (χ3v) is 6.75. The highest BCUT2D eigenvalue weighted by Gasteiger charge is 2.26. The quantitative estimate of drug-likeness (QED) is 0.870. The lowest BCUT2D eigenvalue weighted by Gasteiger charge is -2.31. The Hall–Kier alpha value is -1.44. The molecule has 1 aliphatic heterocycles. The van der Waals surface area contributed by atoms with Crippen molar-refractivity contribution in [2.24, 2.45) is 11.7 Å². The summed E-state index contributed by atoms with van der Waals surface area (Å²) in [7, 11) is -2.04. The van der Waals surface area contributed by atoms with Crippen LogP contribution in [0.4, 0.5) is 0 Å². The minimum Gasteiger partial charge on any atom is -0.339 e. The number of amides is 1. The van der Waals surface area contributed by atoms with Crippen LogP contribution in [0.2, 0.25) is 0 Å². The molecular formula is C17H27N3O3S. The van der Waals surface area contributed by atoms with E-state index in [1.54, 1.807) is 24.1 Å². The lowest BCUT2D eigenvalue weighted by molar-refractivity contribution is 0.0693. The van der Waals surface area contributed by atoms with Crippen LogP contribution in [0.1, 0.15) is 37.0 Å². The molecule has 0 aliphatic carbocycles. The number of sulfonamides is 1. The molecule has 0 aromatic heterocycles. The largest absolute Gasteiger partial charge is 0.339 e. The molecule has 2 rings (SSSR count). The second kappa shape index (κ2) is 7.63. The molecule has 0 radical (unpaired) electrons. The van der Waals surface area contributed by atoms with E-state index in [2.05, 4.69) is 0 Å². The topological polar surface area (TPSA) is 83.7 Å². The van der Waals surface area contributed by atoms with Gasteiger partial charge in [-0.05, 0) is 57.4 Å². The van der Waals surface area contributed by atoms with Crippen molar-refractivity contribution >= 4 is 15.9 Å². The SMILES string of the molecule is CC(C)N(C)S(=O)(=O)c1cccc(C(=O)N2CCC(CN)CC2)c1. The van der Waals surface area contributed by atoms with E-state index < -0.39 is 10.0 Å². The zero-order chi connectivity index (χ0) is 17.9. The van der Waals surface area contributed by atoms with Crippen LogP contribution in [0.25, 0.3) is 0 Å². The molecule has 7 heteroatoms. The van der Waals surface area contributed by atoms with Gasteiger partial charge < -0.3 is 10.6 Å². The van der Waals surface area contributed by atoms with E-state index in [-0.39, 0.29) is 16.8 Å². The summed E-state index contributed by atoms with van der Waals surface area (Å²) in [5.74, 6) is 0.357. The monoisotopic (exact) mass is 353 g/mol. The zero-order valence-electron chi connectivity index (χ0n) is 14.6. The molecule has 1 aromatic carbocycles. The molecule has 24 heavy (non-hydrogen) atoms. The van der Waals surface area contributed by atoms with E-state index in [0.717, 1.165) is 12.8 Å². The van der Waals surface area contributed by atoms with Gasteiger partial charge in [-0.3, -0.25) is 4.79 Å². The fourth-order valence-corrected chi connectivity index (χ4v) is 4.20. The first-order chi connectivity index (χ1) is 11.3. The van der Waals surface area contributed by atoms with E-state index in [4.69, 9.17) is 5.73 Å². The van der Waals surface area contributed by atoms with Crippen LogP contribution in [0, 0.1) is 5.92 Å². The third kappa shape index (κ3) is 3.96. The summed E-state index contributed by atoms with van der Waals surface area (Å²) in [5, 5.41) is 0. The maximum Gasteiger partial charge on any atom is 0.253 e. The fraction of sp³-hybridized carbons (Fsp3) is 0.588. The number of rotatable bonds is 5. The Morgan fingerprint density at radius 3 is 2.50 bits per heavy atom. The van der Waals surface area contributed by atoms with Gasteiger partial charge in [0.05, 0.1) is 4.90 Å². The van der Waals surface area contributed by atoms with E-state index in [1.807, 2.05) is 13.8 Å². The normalized spacial score (nSPS) is 16.8. The highest BCUT2D eigenvalue weighted by atomic mass is 32.2. The van der Waals surface area contributed by atoms with Gasteiger partial charge in [-0.1, -0.05) is 6.07 Å². The summed E-state index contributed by atoms with van der Waals surface area (Å²) in [4.78, 5) is 14.6. The molecule has 0 atom stereocenters. The maximum absolute atomic E-state index is 12.7. The van der Waals surface area contributed by atoms with Crippen molar-refractivity contribution in [2.75, 3.05) is 26.7 Å². The first-order valence-corrected chi connectivity index (χ1v) is 9.78. The van der Waals surface area contributed by atoms with Crippen LogP contribution < -0.4 is 5.73 Å². The summed E-state index contributed by atoms with van der Waals surface area (Å²) in [6.45, 7) is 5.62. The Balaban J connectivity index is 2.20. The Bertz CT molecular complexity index is 680. The Morgan fingerprint density at radius 2 is 1.96 bits per heavy atom. The van der Waals surface area contributed by atoms with Crippen LogP contribution in [-0.2, 0) is 10.0 Å². The number of carbonyl (C=O) groups excluding carboxylic acids is 1. The predicted octanol–water partition coefficient (Wildman–Crippen LogP) is 1.53. The van der Waals surface area contributed by atoms with Crippen molar-refractivity contribution in [3.05, 3.63) is 29.8 Å². The number of hydrogen-bond donors (Lipinski definition) is 1. The molecule has 0 saturated carbocycles.